The summed E-state index contributed by atoms with van der Waals surface area (Å²) in [4.78, 5) is 136. The number of aromatic nitrogens is 1. The van der Waals surface area contributed by atoms with Gasteiger partial charge in [-0.15, -0.1) is 0 Å². The molecule has 418 valence electrons. The number of aromatic amines is 1. The monoisotopic (exact) mass is 1100 g/mol. The zero-order valence-electron chi connectivity index (χ0n) is 43.6. The molecule has 23 nitrogen and oxygen atoms in total. The molecule has 1 heterocycles. The van der Waals surface area contributed by atoms with Crippen molar-refractivity contribution < 1.29 is 53.1 Å². The number of carboxylic acid groups (broad SMARTS) is 1. The third kappa shape index (κ3) is 21.1. The van der Waals surface area contributed by atoms with Crippen molar-refractivity contribution >= 4 is 94.4 Å². The summed E-state index contributed by atoms with van der Waals surface area (Å²) in [7, 11) is 0. The van der Waals surface area contributed by atoms with Gasteiger partial charge in [0.2, 0.25) is 53.2 Å². The van der Waals surface area contributed by atoms with Gasteiger partial charge in [0, 0.05) is 35.7 Å². The second kappa shape index (κ2) is 32.7. The van der Waals surface area contributed by atoms with Crippen LogP contribution in [0.25, 0.3) is 10.9 Å². The van der Waals surface area contributed by atoms with Crippen molar-refractivity contribution in [3.05, 3.63) is 71.9 Å². The molecule has 8 atom stereocenters. The number of thioether (sulfide) groups is 1. The van der Waals surface area contributed by atoms with Crippen LogP contribution >= 0.6 is 24.4 Å². The standard InChI is InChI=1S/C51H76N12O11S2/c1-28(2)42(62-44(66)33(53)24-31-25-55-34-16-10-9-15-32(31)34)50(72)60-38(23-30-13-7-6-8-14-30)45(67)56-26-41(65)57-35(18-19-40(54)64)47(69)63-43(29(3)4)49(71)58-36(20-22-76-5)46(68)61-39(27-75)48(70)59-37(51(73)74)17-11-12-21-52/h6-10,13-16,25,28-29,33,35-39,42-43,55,75H,11-12,17-24,26-27,52-53H2,1-5H3,(H2,54,64)(H,56,67)(H,57,65)(H,58,71)(H,59,70)(H,60,72)(H,61,68)(H,62,66)(H,63,69)(H,73,74)/t33-,35-,36-,37-,38-,39-,42-,43-/m0/s1. The lowest BCUT2D eigenvalue weighted by Gasteiger charge is -2.28. The summed E-state index contributed by atoms with van der Waals surface area (Å²) in [6.45, 7) is 6.30. The summed E-state index contributed by atoms with van der Waals surface area (Å²) in [6.07, 6.45) is 4.21. The highest BCUT2D eigenvalue weighted by molar-refractivity contribution is 7.98. The van der Waals surface area contributed by atoms with Gasteiger partial charge in [-0.05, 0) is 86.1 Å². The highest BCUT2D eigenvalue weighted by atomic mass is 32.2. The molecule has 76 heavy (non-hydrogen) atoms. The molecule has 25 heteroatoms. The van der Waals surface area contributed by atoms with Gasteiger partial charge in [0.15, 0.2) is 0 Å². The number of rotatable bonds is 34. The van der Waals surface area contributed by atoms with Crippen molar-refractivity contribution in [3.63, 3.8) is 0 Å². The van der Waals surface area contributed by atoms with Crippen molar-refractivity contribution in [2.24, 2.45) is 29.0 Å². The Kier molecular flexibility index (Phi) is 27.3. The maximum absolute atomic E-state index is 13.9. The molecule has 0 aliphatic heterocycles. The van der Waals surface area contributed by atoms with E-state index in [2.05, 4.69) is 60.1 Å². The number of para-hydroxylation sites is 1. The first-order valence-electron chi connectivity index (χ1n) is 25.1. The van der Waals surface area contributed by atoms with E-state index in [4.69, 9.17) is 17.2 Å². The molecule has 0 saturated carbocycles. The molecule has 9 amide bonds. The molecule has 2 aromatic carbocycles. The van der Waals surface area contributed by atoms with Crippen molar-refractivity contribution in [2.45, 2.75) is 127 Å². The average Bonchev–Trinajstić information content (AvgIpc) is 3.79. The van der Waals surface area contributed by atoms with E-state index in [1.54, 1.807) is 70.5 Å². The Morgan fingerprint density at radius 3 is 1.78 bits per heavy atom. The van der Waals surface area contributed by atoms with E-state index in [1.807, 2.05) is 24.3 Å². The number of hydrogen-bond acceptors (Lipinski definition) is 14. The van der Waals surface area contributed by atoms with Gasteiger partial charge in [0.05, 0.1) is 12.6 Å². The van der Waals surface area contributed by atoms with Crippen LogP contribution in [0.15, 0.2) is 60.8 Å². The third-order valence-corrected chi connectivity index (χ3v) is 13.2. The SMILES string of the molecule is CSCC[C@H](NC(=O)[C@@H](NC(=O)[C@H](CCC(N)=O)NC(=O)CNC(=O)[C@H](Cc1ccccc1)NC(=O)[C@@H](NC(=O)[C@@H](N)Cc1c[nH]c2ccccc12)C(C)C)C(C)C)C(=O)N[C@@H](CS)C(=O)N[C@@H](CCCCN)C(=O)O. The molecule has 0 bridgehead atoms. The van der Waals surface area contributed by atoms with Crippen LogP contribution in [0.4, 0.5) is 0 Å². The summed E-state index contributed by atoms with van der Waals surface area (Å²) < 4.78 is 0. The maximum atomic E-state index is 13.9. The van der Waals surface area contributed by atoms with Gasteiger partial charge in [-0.2, -0.15) is 24.4 Å². The number of carboxylic acids is 1. The Bertz CT molecular complexity index is 2440. The van der Waals surface area contributed by atoms with Gasteiger partial charge < -0.3 is 69.8 Å². The maximum Gasteiger partial charge on any atom is 0.326 e. The van der Waals surface area contributed by atoms with Gasteiger partial charge >= 0.3 is 5.97 Å². The van der Waals surface area contributed by atoms with Crippen molar-refractivity contribution in [1.29, 1.82) is 0 Å². The van der Waals surface area contributed by atoms with Crippen molar-refractivity contribution in [1.82, 2.24) is 47.5 Å². The number of thiol groups is 1. The van der Waals surface area contributed by atoms with Crippen molar-refractivity contribution in [3.8, 4) is 0 Å². The molecule has 3 rings (SSSR count). The van der Waals surface area contributed by atoms with Crippen LogP contribution < -0.4 is 59.7 Å². The molecule has 0 spiro atoms. The third-order valence-electron chi connectivity index (χ3n) is 12.2. The highest BCUT2D eigenvalue weighted by Gasteiger charge is 2.35. The number of fused-ring (bicyclic) bond motifs is 1. The lowest BCUT2D eigenvalue weighted by molar-refractivity contribution is -0.142. The van der Waals surface area contributed by atoms with Crippen LogP contribution in [0.1, 0.15) is 77.3 Å². The van der Waals surface area contributed by atoms with Gasteiger partial charge in [-0.25, -0.2) is 4.79 Å². The molecule has 1 aromatic heterocycles. The van der Waals surface area contributed by atoms with E-state index in [-0.39, 0.29) is 44.3 Å². The number of benzene rings is 2. The second-order valence-electron chi connectivity index (χ2n) is 19.0. The normalized spacial score (nSPS) is 14.4. The van der Waals surface area contributed by atoms with Gasteiger partial charge in [-0.3, -0.25) is 43.2 Å². The van der Waals surface area contributed by atoms with Crippen LogP contribution in [0.5, 0.6) is 0 Å². The summed E-state index contributed by atoms with van der Waals surface area (Å²) in [5, 5.41) is 31.2. The number of amides is 9. The topological polar surface area (TPSA) is 381 Å². The minimum atomic E-state index is -1.46. The van der Waals surface area contributed by atoms with Crippen LogP contribution in [-0.4, -0.2) is 148 Å². The smallest absolute Gasteiger partial charge is 0.326 e. The zero-order valence-corrected chi connectivity index (χ0v) is 45.4. The minimum absolute atomic E-state index is 0.0186. The molecular weight excluding hydrogens is 1020 g/mol. The Labute approximate surface area is 452 Å². The molecule has 0 aliphatic rings. The fourth-order valence-electron chi connectivity index (χ4n) is 7.88. The van der Waals surface area contributed by atoms with E-state index in [9.17, 15) is 53.1 Å². The molecule has 0 saturated heterocycles. The number of carbonyl (C=O) groups is 10. The van der Waals surface area contributed by atoms with Gasteiger partial charge in [0.1, 0.15) is 42.3 Å². The Hall–Kier alpha value is -6.70. The number of H-pyrrole nitrogens is 1. The first-order chi connectivity index (χ1) is 36.1. The van der Waals surface area contributed by atoms with Gasteiger partial charge in [0.25, 0.3) is 0 Å². The van der Waals surface area contributed by atoms with Crippen LogP contribution in [-0.2, 0) is 60.8 Å². The van der Waals surface area contributed by atoms with E-state index >= 15 is 0 Å². The summed E-state index contributed by atoms with van der Waals surface area (Å²) >= 11 is 5.56. The number of unbranched alkanes of at least 4 members (excludes halogenated alkanes) is 1. The predicted molar refractivity (Wildman–Crippen MR) is 292 cm³/mol. The fraction of sp³-hybridized carbons (Fsp3) is 0.529. The van der Waals surface area contributed by atoms with E-state index in [0.29, 0.717) is 30.7 Å². The minimum Gasteiger partial charge on any atom is -0.480 e. The number of hydrogen-bond donors (Lipinski definition) is 14. The quantitative estimate of drug-likeness (QED) is 0.0259. The number of aliphatic carboxylic acids is 1. The predicted octanol–water partition coefficient (Wildman–Crippen LogP) is -0.736. The molecule has 0 fully saturated rings. The molecule has 0 radical (unpaired) electrons. The number of nitrogens with one attached hydrogen (secondary N) is 9. The van der Waals surface area contributed by atoms with Crippen molar-refractivity contribution in [2.75, 3.05) is 30.9 Å². The molecule has 16 N–H and O–H groups in total. The van der Waals surface area contributed by atoms with E-state index < -0.39 is 126 Å². The average molecular weight is 1100 g/mol. The zero-order chi connectivity index (χ0) is 56.5. The fourth-order valence-corrected chi connectivity index (χ4v) is 8.61. The lowest BCUT2D eigenvalue weighted by Crippen LogP contribution is -2.60. The van der Waals surface area contributed by atoms with Crippen LogP contribution in [0.3, 0.4) is 0 Å². The number of primary amides is 1. The van der Waals surface area contributed by atoms with E-state index in [1.165, 1.54) is 11.8 Å². The summed E-state index contributed by atoms with van der Waals surface area (Å²) in [5.74, 6) is -9.15. The molecule has 3 aromatic rings. The molecular formula is C51H76N12O11S2. The number of carbonyl (C=O) groups excluding carboxylic acids is 9. The van der Waals surface area contributed by atoms with E-state index in [0.717, 1.165) is 16.5 Å². The first kappa shape index (κ1) is 63.6. The van der Waals surface area contributed by atoms with Crippen LogP contribution in [0, 0.1) is 11.8 Å². The molecule has 0 aliphatic carbocycles. The largest absolute Gasteiger partial charge is 0.480 e. The summed E-state index contributed by atoms with van der Waals surface area (Å²) in [6, 6.07) is 6.38. The lowest BCUT2D eigenvalue weighted by atomic mass is 9.99. The second-order valence-corrected chi connectivity index (χ2v) is 20.3. The number of nitrogens with two attached hydrogens (primary N) is 3. The van der Waals surface area contributed by atoms with Crippen LogP contribution in [0.2, 0.25) is 0 Å². The summed E-state index contributed by atoms with van der Waals surface area (Å²) in [5.41, 5.74) is 19.6. The Balaban J connectivity index is 1.72. The highest BCUT2D eigenvalue weighted by Crippen LogP contribution is 2.19. The van der Waals surface area contributed by atoms with Gasteiger partial charge in [-0.1, -0.05) is 76.2 Å². The Morgan fingerprint density at radius 1 is 0.632 bits per heavy atom. The Morgan fingerprint density at radius 2 is 1.18 bits per heavy atom. The first-order valence-corrected chi connectivity index (χ1v) is 27.2. The molecule has 0 unspecified atom stereocenters.